The van der Waals surface area contributed by atoms with Gasteiger partial charge < -0.3 is 14.7 Å². The second kappa shape index (κ2) is 9.36. The molecule has 5 heteroatoms. The minimum atomic E-state index is -0.0180. The fourth-order valence-corrected chi connectivity index (χ4v) is 4.22. The molecule has 5 nitrogen and oxygen atoms in total. The number of likely N-dealkylation sites (tertiary alicyclic amines) is 2. The predicted molar refractivity (Wildman–Crippen MR) is 107 cm³/mol. The zero-order valence-corrected chi connectivity index (χ0v) is 16.8. The van der Waals surface area contributed by atoms with Crippen LogP contribution in [0.3, 0.4) is 0 Å². The van der Waals surface area contributed by atoms with Crippen LogP contribution in [0.25, 0.3) is 0 Å². The van der Waals surface area contributed by atoms with Crippen molar-refractivity contribution < 1.29 is 9.59 Å². The number of likely N-dealkylation sites (N-methyl/N-ethyl adjacent to an activating group) is 1. The summed E-state index contributed by atoms with van der Waals surface area (Å²) in [5.74, 6) is 1.11. The Morgan fingerprint density at radius 1 is 1.11 bits per heavy atom. The Morgan fingerprint density at radius 3 is 2.48 bits per heavy atom. The summed E-state index contributed by atoms with van der Waals surface area (Å²) in [4.78, 5) is 31.1. The number of piperidine rings is 2. The Bertz CT molecular complexity index is 624. The standard InChI is InChI=1S/C22H33N3O2/c1-23(2)14-15-25-17-20(8-9-21(25)26)22(27)24-12-10-19(11-13-24)16-18-6-4-3-5-7-18/h3-7,19-20H,8-17H2,1-2H3. The topological polar surface area (TPSA) is 43.9 Å². The molecule has 3 rings (SSSR count). The van der Waals surface area contributed by atoms with Gasteiger partial charge in [-0.2, -0.15) is 0 Å². The van der Waals surface area contributed by atoms with E-state index in [2.05, 4.69) is 35.2 Å². The summed E-state index contributed by atoms with van der Waals surface area (Å²) in [6, 6.07) is 10.6. The van der Waals surface area contributed by atoms with Crippen molar-refractivity contribution in [2.75, 3.05) is 46.8 Å². The van der Waals surface area contributed by atoms with Crippen LogP contribution in [-0.4, -0.2) is 73.3 Å². The van der Waals surface area contributed by atoms with Gasteiger partial charge in [-0.15, -0.1) is 0 Å². The van der Waals surface area contributed by atoms with Crippen molar-refractivity contribution in [2.45, 2.75) is 32.1 Å². The van der Waals surface area contributed by atoms with Crippen LogP contribution in [-0.2, 0) is 16.0 Å². The van der Waals surface area contributed by atoms with Gasteiger partial charge in [-0.3, -0.25) is 9.59 Å². The first-order valence-electron chi connectivity index (χ1n) is 10.3. The highest BCUT2D eigenvalue weighted by atomic mass is 16.2. The summed E-state index contributed by atoms with van der Waals surface area (Å²) >= 11 is 0. The molecule has 0 radical (unpaired) electrons. The summed E-state index contributed by atoms with van der Waals surface area (Å²) in [5, 5.41) is 0. The number of benzene rings is 1. The SMILES string of the molecule is CN(C)CCN1CC(C(=O)N2CCC(Cc3ccccc3)CC2)CCC1=O. The van der Waals surface area contributed by atoms with Gasteiger partial charge in [-0.25, -0.2) is 0 Å². The predicted octanol–water partition coefficient (Wildman–Crippen LogP) is 2.27. The van der Waals surface area contributed by atoms with Crippen LogP contribution >= 0.6 is 0 Å². The van der Waals surface area contributed by atoms with E-state index in [0.717, 1.165) is 45.4 Å². The lowest BCUT2D eigenvalue weighted by Gasteiger charge is -2.38. The number of carbonyl (C=O) groups excluding carboxylic acids is 2. The molecule has 2 saturated heterocycles. The van der Waals surface area contributed by atoms with Crippen LogP contribution in [0.15, 0.2) is 30.3 Å². The molecule has 0 aliphatic carbocycles. The first kappa shape index (κ1) is 19.9. The van der Waals surface area contributed by atoms with Crippen molar-refractivity contribution in [1.82, 2.24) is 14.7 Å². The number of hydrogen-bond acceptors (Lipinski definition) is 3. The van der Waals surface area contributed by atoms with E-state index in [9.17, 15) is 9.59 Å². The average molecular weight is 372 g/mol. The molecule has 0 N–H and O–H groups in total. The van der Waals surface area contributed by atoms with E-state index < -0.39 is 0 Å². The van der Waals surface area contributed by atoms with Gasteiger partial charge in [0.15, 0.2) is 0 Å². The Balaban J connectivity index is 1.47. The lowest BCUT2D eigenvalue weighted by molar-refractivity contribution is -0.144. The fraction of sp³-hybridized carbons (Fsp3) is 0.636. The van der Waals surface area contributed by atoms with E-state index in [1.807, 2.05) is 23.9 Å². The number of rotatable bonds is 6. The highest BCUT2D eigenvalue weighted by molar-refractivity contribution is 5.84. The maximum atomic E-state index is 13.0. The van der Waals surface area contributed by atoms with E-state index in [0.29, 0.717) is 25.3 Å². The second-order valence-corrected chi connectivity index (χ2v) is 8.34. The smallest absolute Gasteiger partial charge is 0.227 e. The van der Waals surface area contributed by atoms with Crippen LogP contribution < -0.4 is 0 Å². The molecule has 2 aliphatic heterocycles. The van der Waals surface area contributed by atoms with Crippen LogP contribution in [0, 0.1) is 11.8 Å². The molecule has 1 unspecified atom stereocenters. The molecule has 2 aliphatic rings. The summed E-state index contributed by atoms with van der Waals surface area (Å²) in [7, 11) is 4.02. The van der Waals surface area contributed by atoms with Crippen LogP contribution in [0.2, 0.25) is 0 Å². The maximum Gasteiger partial charge on any atom is 0.227 e. The zero-order valence-electron chi connectivity index (χ0n) is 16.8. The fourth-order valence-electron chi connectivity index (χ4n) is 4.22. The maximum absolute atomic E-state index is 13.0. The van der Waals surface area contributed by atoms with E-state index >= 15 is 0 Å². The summed E-state index contributed by atoms with van der Waals surface area (Å²) in [5.41, 5.74) is 1.39. The number of nitrogens with zero attached hydrogens (tertiary/aromatic N) is 3. The van der Waals surface area contributed by atoms with Crippen molar-refractivity contribution >= 4 is 11.8 Å². The van der Waals surface area contributed by atoms with Gasteiger partial charge in [0, 0.05) is 39.1 Å². The third kappa shape index (κ3) is 5.55. The van der Waals surface area contributed by atoms with Gasteiger partial charge in [-0.05, 0) is 51.3 Å². The quantitative estimate of drug-likeness (QED) is 0.770. The molecule has 0 spiro atoms. The van der Waals surface area contributed by atoms with Crippen molar-refractivity contribution in [2.24, 2.45) is 11.8 Å². The molecule has 2 heterocycles. The minimum absolute atomic E-state index is 0.0180. The molecule has 2 fully saturated rings. The molecule has 1 aromatic rings. The molecule has 27 heavy (non-hydrogen) atoms. The zero-order chi connectivity index (χ0) is 19.2. The molecule has 2 amide bonds. The molecule has 1 atom stereocenters. The normalized spacial score (nSPS) is 21.7. The van der Waals surface area contributed by atoms with Gasteiger partial charge in [0.2, 0.25) is 11.8 Å². The van der Waals surface area contributed by atoms with Crippen molar-refractivity contribution in [3.05, 3.63) is 35.9 Å². The molecular formula is C22H33N3O2. The Morgan fingerprint density at radius 2 is 1.81 bits per heavy atom. The van der Waals surface area contributed by atoms with Crippen molar-refractivity contribution in [3.8, 4) is 0 Å². The third-order valence-electron chi connectivity index (χ3n) is 5.96. The average Bonchev–Trinajstić information content (AvgIpc) is 2.68. The molecule has 0 saturated carbocycles. The number of hydrogen-bond donors (Lipinski definition) is 0. The van der Waals surface area contributed by atoms with E-state index in [1.54, 1.807) is 0 Å². The molecule has 0 aromatic heterocycles. The van der Waals surface area contributed by atoms with E-state index in [-0.39, 0.29) is 17.7 Å². The van der Waals surface area contributed by atoms with Crippen molar-refractivity contribution in [3.63, 3.8) is 0 Å². The summed E-state index contributed by atoms with van der Waals surface area (Å²) in [6.45, 7) is 3.87. The second-order valence-electron chi connectivity index (χ2n) is 8.34. The van der Waals surface area contributed by atoms with Gasteiger partial charge in [0.1, 0.15) is 0 Å². The molecule has 0 bridgehead atoms. The van der Waals surface area contributed by atoms with Crippen LogP contribution in [0.1, 0.15) is 31.2 Å². The number of carbonyl (C=O) groups is 2. The van der Waals surface area contributed by atoms with E-state index in [1.165, 1.54) is 5.56 Å². The highest BCUT2D eigenvalue weighted by Gasteiger charge is 2.34. The highest BCUT2D eigenvalue weighted by Crippen LogP contribution is 2.25. The van der Waals surface area contributed by atoms with Gasteiger partial charge >= 0.3 is 0 Å². The Kier molecular flexibility index (Phi) is 6.89. The van der Waals surface area contributed by atoms with Gasteiger partial charge in [0.05, 0.1) is 5.92 Å². The first-order chi connectivity index (χ1) is 13.0. The minimum Gasteiger partial charge on any atom is -0.342 e. The van der Waals surface area contributed by atoms with Crippen LogP contribution in [0.4, 0.5) is 0 Å². The monoisotopic (exact) mass is 371 g/mol. The lowest BCUT2D eigenvalue weighted by atomic mass is 9.89. The van der Waals surface area contributed by atoms with Gasteiger partial charge in [-0.1, -0.05) is 30.3 Å². The van der Waals surface area contributed by atoms with Gasteiger partial charge in [0.25, 0.3) is 0 Å². The Hall–Kier alpha value is -1.88. The Labute approximate surface area is 163 Å². The summed E-state index contributed by atoms with van der Waals surface area (Å²) in [6.07, 6.45) is 4.49. The molecule has 1 aromatic carbocycles. The van der Waals surface area contributed by atoms with Crippen molar-refractivity contribution in [1.29, 1.82) is 0 Å². The molecule has 148 valence electrons. The van der Waals surface area contributed by atoms with E-state index in [4.69, 9.17) is 0 Å². The first-order valence-corrected chi connectivity index (χ1v) is 10.3. The summed E-state index contributed by atoms with van der Waals surface area (Å²) < 4.78 is 0. The molecular weight excluding hydrogens is 338 g/mol. The number of amides is 2. The van der Waals surface area contributed by atoms with Crippen LogP contribution in [0.5, 0.6) is 0 Å². The lowest BCUT2D eigenvalue weighted by Crippen LogP contribution is -2.50. The largest absolute Gasteiger partial charge is 0.342 e. The third-order valence-corrected chi connectivity index (χ3v) is 5.96.